The number of aromatic nitrogens is 1. The highest BCUT2D eigenvalue weighted by molar-refractivity contribution is 7.78. The van der Waals surface area contributed by atoms with Gasteiger partial charge in [-0.1, -0.05) is 27.7 Å². The fraction of sp³-hybridized carbons (Fsp3) is 0.561. The molecule has 1 saturated heterocycles. The van der Waals surface area contributed by atoms with Crippen LogP contribution in [0.1, 0.15) is 96.6 Å². The lowest BCUT2D eigenvalue weighted by atomic mass is 9.80. The first kappa shape index (κ1) is 46.0. The lowest BCUT2D eigenvalue weighted by Gasteiger charge is -2.42. The third-order valence-electron chi connectivity index (χ3n) is 10.5. The van der Waals surface area contributed by atoms with E-state index >= 15 is 4.39 Å². The molecule has 1 aliphatic heterocycles. The highest BCUT2D eigenvalue weighted by Gasteiger charge is 2.41. The topological polar surface area (TPSA) is 180 Å². The maximum absolute atomic E-state index is 16.1. The zero-order chi connectivity index (χ0) is 43.6. The van der Waals surface area contributed by atoms with Crippen LogP contribution in [0, 0.1) is 11.7 Å². The number of halogens is 1. The van der Waals surface area contributed by atoms with Gasteiger partial charge in [0, 0.05) is 60.6 Å². The summed E-state index contributed by atoms with van der Waals surface area (Å²) in [6.45, 7) is 14.6. The predicted octanol–water partition coefficient (Wildman–Crippen LogP) is 7.31. The largest absolute Gasteiger partial charge is 0.492 e. The van der Waals surface area contributed by atoms with Gasteiger partial charge in [0.15, 0.2) is 11.6 Å². The Balaban J connectivity index is 1.46. The van der Waals surface area contributed by atoms with E-state index in [-0.39, 0.29) is 85.7 Å². The zero-order valence-electron chi connectivity index (χ0n) is 35.2. The van der Waals surface area contributed by atoms with Crippen LogP contribution in [0.4, 0.5) is 10.1 Å². The van der Waals surface area contributed by atoms with Crippen LogP contribution in [0.15, 0.2) is 35.3 Å². The van der Waals surface area contributed by atoms with Gasteiger partial charge in [0.25, 0.3) is 0 Å². The number of methoxy groups -OCH3 is 1. The van der Waals surface area contributed by atoms with E-state index in [9.17, 15) is 33.4 Å². The Bertz CT molecular complexity index is 2250. The van der Waals surface area contributed by atoms with Crippen LogP contribution in [0.25, 0.3) is 10.9 Å². The summed E-state index contributed by atoms with van der Waals surface area (Å²) in [7, 11) is -6.39. The van der Waals surface area contributed by atoms with Crippen molar-refractivity contribution in [3.05, 3.63) is 57.6 Å². The van der Waals surface area contributed by atoms with Gasteiger partial charge in [0.05, 0.1) is 43.8 Å². The van der Waals surface area contributed by atoms with Crippen molar-refractivity contribution in [3.63, 3.8) is 0 Å². The Morgan fingerprint density at radius 2 is 1.64 bits per heavy atom. The number of benzene rings is 2. The molecule has 2 unspecified atom stereocenters. The van der Waals surface area contributed by atoms with E-state index in [1.165, 1.54) is 25.4 Å². The number of anilines is 1. The molecule has 3 aromatic rings. The Morgan fingerprint density at radius 3 is 2.19 bits per heavy atom. The van der Waals surface area contributed by atoms with Crippen molar-refractivity contribution in [1.82, 2.24) is 9.47 Å². The molecule has 2 fully saturated rings. The summed E-state index contributed by atoms with van der Waals surface area (Å²) in [4.78, 5) is 55.8. The minimum atomic E-state index is -3.91. The van der Waals surface area contributed by atoms with Gasteiger partial charge in [-0.05, 0) is 64.8 Å². The summed E-state index contributed by atoms with van der Waals surface area (Å²) in [5.74, 6) is -3.62. The Labute approximate surface area is 344 Å². The molecule has 59 heavy (non-hydrogen) atoms. The molecule has 0 bridgehead atoms. The number of amides is 1. The molecule has 1 saturated carbocycles. The normalized spacial score (nSPS) is 17.3. The molecule has 15 nitrogen and oxygen atoms in total. The predicted molar refractivity (Wildman–Crippen MR) is 222 cm³/mol. The number of hydrogen-bond acceptors (Lipinski definition) is 12. The Kier molecular flexibility index (Phi) is 14.2. The molecule has 1 aromatic heterocycles. The fourth-order valence-corrected chi connectivity index (χ4v) is 13.1. The molecule has 2 aliphatic rings. The van der Waals surface area contributed by atoms with Gasteiger partial charge >= 0.3 is 19.5 Å². The van der Waals surface area contributed by atoms with E-state index in [0.29, 0.717) is 11.1 Å². The first-order valence-electron chi connectivity index (χ1n) is 20.0. The van der Waals surface area contributed by atoms with E-state index < -0.39 is 67.0 Å². The quantitative estimate of drug-likeness (QED) is 0.0765. The Hall–Kier alpha value is -4.07. The third-order valence-corrected chi connectivity index (χ3v) is 16.5. The number of aromatic carboxylic acids is 1. The second-order valence-corrected chi connectivity index (χ2v) is 20.8. The molecule has 0 radical (unpaired) electrons. The molecule has 1 aliphatic carbocycles. The average Bonchev–Trinajstić information content (AvgIpc) is 4.00. The second-order valence-electron chi connectivity index (χ2n) is 15.8. The number of nitrogens with zero attached hydrogens (tertiary/aromatic N) is 3. The van der Waals surface area contributed by atoms with Gasteiger partial charge in [-0.15, -0.1) is 0 Å². The van der Waals surface area contributed by atoms with Crippen molar-refractivity contribution < 1.29 is 56.1 Å². The molecule has 1 N–H and O–H groups in total. The summed E-state index contributed by atoms with van der Waals surface area (Å²) in [6, 6.07) is 5.16. The molecular formula is C41H56FN3O12P2. The van der Waals surface area contributed by atoms with Gasteiger partial charge in [-0.2, -0.15) is 0 Å². The van der Waals surface area contributed by atoms with Crippen molar-refractivity contribution in [2.75, 3.05) is 57.4 Å². The Morgan fingerprint density at radius 1 is 1.00 bits per heavy atom. The smallest absolute Gasteiger partial charge is 0.341 e. The van der Waals surface area contributed by atoms with Crippen molar-refractivity contribution in [2.24, 2.45) is 5.92 Å². The SMILES string of the molecule is CCOP(=O)(CP(=O)(OCC)c1ccc(OC(=O)C(C)C)c(C(C)(C)CC(=O)N2CCN(c3c(F)cc4c(=O)c(C(=O)O)cn(C5CC5)c4c3OC)CC2C)c1)OCC. The molecule has 18 heteroatoms. The first-order chi connectivity index (χ1) is 27.7. The van der Waals surface area contributed by atoms with Crippen LogP contribution in [0.2, 0.25) is 0 Å². The third kappa shape index (κ3) is 9.78. The average molecular weight is 864 g/mol. The molecule has 2 heterocycles. The minimum absolute atomic E-state index is 0.0293. The van der Waals surface area contributed by atoms with Crippen LogP contribution in [0.5, 0.6) is 11.5 Å². The highest BCUT2D eigenvalue weighted by atomic mass is 31.2. The lowest BCUT2D eigenvalue weighted by Crippen LogP contribution is -2.55. The molecule has 5 rings (SSSR count). The maximum Gasteiger partial charge on any atom is 0.341 e. The van der Waals surface area contributed by atoms with E-state index in [2.05, 4.69) is 0 Å². The summed E-state index contributed by atoms with van der Waals surface area (Å²) >= 11 is 0. The number of rotatable bonds is 18. The zero-order valence-corrected chi connectivity index (χ0v) is 37.0. The minimum Gasteiger partial charge on any atom is -0.492 e. The van der Waals surface area contributed by atoms with Crippen LogP contribution in [0.3, 0.4) is 0 Å². The van der Waals surface area contributed by atoms with E-state index in [0.717, 1.165) is 18.9 Å². The molecule has 2 atom stereocenters. The van der Waals surface area contributed by atoms with Crippen molar-refractivity contribution in [3.8, 4) is 11.5 Å². The van der Waals surface area contributed by atoms with Gasteiger partial charge in [0.2, 0.25) is 18.7 Å². The molecule has 2 aromatic carbocycles. The fourth-order valence-electron chi connectivity index (χ4n) is 7.55. The summed E-state index contributed by atoms with van der Waals surface area (Å²) in [5.41, 5.74) is -1.44. The van der Waals surface area contributed by atoms with Gasteiger partial charge in [-0.25, -0.2) is 9.18 Å². The number of esters is 1. The van der Waals surface area contributed by atoms with Crippen LogP contribution < -0.4 is 25.1 Å². The first-order valence-corrected chi connectivity index (χ1v) is 23.5. The number of ether oxygens (including phenoxy) is 2. The molecule has 0 spiro atoms. The second kappa shape index (κ2) is 18.3. The van der Waals surface area contributed by atoms with Crippen molar-refractivity contribution in [2.45, 2.75) is 92.2 Å². The van der Waals surface area contributed by atoms with Crippen molar-refractivity contribution in [1.29, 1.82) is 0 Å². The number of piperazine rings is 1. The lowest BCUT2D eigenvalue weighted by molar-refractivity contribution is -0.137. The van der Waals surface area contributed by atoms with E-state index in [4.69, 9.17) is 23.0 Å². The van der Waals surface area contributed by atoms with E-state index in [1.54, 1.807) is 68.9 Å². The summed E-state index contributed by atoms with van der Waals surface area (Å²) < 4.78 is 74.4. The maximum atomic E-state index is 16.1. The number of carbonyl (C=O) groups excluding carboxylic acids is 2. The van der Waals surface area contributed by atoms with Gasteiger partial charge in [0.1, 0.15) is 22.9 Å². The van der Waals surface area contributed by atoms with Crippen LogP contribution in [-0.2, 0) is 37.7 Å². The van der Waals surface area contributed by atoms with Gasteiger partial charge < -0.3 is 42.5 Å². The van der Waals surface area contributed by atoms with Crippen LogP contribution >= 0.6 is 15.0 Å². The number of carboxylic acids is 1. The number of carbonyl (C=O) groups is 3. The summed E-state index contributed by atoms with van der Waals surface area (Å²) in [5, 5.41) is 9.82. The monoisotopic (exact) mass is 863 g/mol. The number of pyridine rings is 1. The number of carboxylic acid groups (broad SMARTS) is 1. The summed E-state index contributed by atoms with van der Waals surface area (Å²) in [6.07, 6.45) is 2.76. The molecular weight excluding hydrogens is 807 g/mol. The highest BCUT2D eigenvalue weighted by Crippen LogP contribution is 2.63. The van der Waals surface area contributed by atoms with Gasteiger partial charge in [-0.3, -0.25) is 23.5 Å². The van der Waals surface area contributed by atoms with Crippen LogP contribution in [-0.4, -0.2) is 90.9 Å². The standard InChI is InChI=1S/C41H56FN3O12P2/c1-10-54-58(51,24-59(52,55-11-2)56-12-3)28-15-16-33(57-40(50)25(4)5)31(19-28)41(7,8)21-34(46)44-18-17-43(22-26(44)6)36-32(42)20-29-35(38(36)53-9)45(27-13-14-27)23-30(37(29)47)39(48)49/h15-16,19-20,23,25-27H,10-14,17-18,21-22,24H2,1-9H3,(H,48,49). The van der Waals surface area contributed by atoms with Crippen molar-refractivity contribution >= 4 is 54.7 Å². The molecule has 1 amide bonds. The van der Waals surface area contributed by atoms with E-state index in [1.807, 2.05) is 6.92 Å². The number of hydrogen-bond donors (Lipinski definition) is 1. The molecule has 324 valence electrons. The number of fused-ring (bicyclic) bond motifs is 1.